The van der Waals surface area contributed by atoms with Crippen molar-refractivity contribution in [3.63, 3.8) is 0 Å². The molecule has 2 aromatic rings. The number of thiocarbonyl (C=S) groups is 1. The molecule has 2 aromatic carbocycles. The molecule has 4 bridgehead atoms. The molecule has 10 heteroatoms. The minimum atomic E-state index is -0.376. The molecule has 232 valence electrons. The van der Waals surface area contributed by atoms with Gasteiger partial charge in [0, 0.05) is 5.69 Å². The van der Waals surface area contributed by atoms with Gasteiger partial charge in [0.25, 0.3) is 11.8 Å². The summed E-state index contributed by atoms with van der Waals surface area (Å²) >= 11 is 6.68. The second kappa shape index (κ2) is 12.6. The van der Waals surface area contributed by atoms with E-state index in [1.807, 2.05) is 31.2 Å². The minimum Gasteiger partial charge on any atom is -0.490 e. The smallest absolute Gasteiger partial charge is 0.285 e. The highest BCUT2D eigenvalue weighted by atomic mass is 32.2. The summed E-state index contributed by atoms with van der Waals surface area (Å²) in [7, 11) is 0. The molecule has 4 aliphatic carbocycles. The predicted molar refractivity (Wildman–Crippen MR) is 176 cm³/mol. The average molecular weight is 634 g/mol. The summed E-state index contributed by atoms with van der Waals surface area (Å²) in [5.41, 5.74) is 5.06. The Morgan fingerprint density at radius 1 is 1.05 bits per heavy atom. The van der Waals surface area contributed by atoms with Crippen LogP contribution in [-0.2, 0) is 14.4 Å². The Kier molecular flexibility index (Phi) is 8.75. The van der Waals surface area contributed by atoms with Crippen molar-refractivity contribution in [1.29, 1.82) is 0 Å². The maximum Gasteiger partial charge on any atom is 0.285 e. The van der Waals surface area contributed by atoms with Crippen LogP contribution in [0.4, 0.5) is 5.69 Å². The molecule has 44 heavy (non-hydrogen) atoms. The molecular weight excluding hydrogens is 595 g/mol. The summed E-state index contributed by atoms with van der Waals surface area (Å²) in [5, 5.41) is 4.17. The molecule has 5 aliphatic rings. The van der Waals surface area contributed by atoms with Gasteiger partial charge >= 0.3 is 0 Å². The van der Waals surface area contributed by atoms with Crippen molar-refractivity contribution in [1.82, 2.24) is 10.4 Å². The first-order valence-electron chi connectivity index (χ1n) is 15.5. The molecular formula is C34H39N3O5S2. The lowest BCUT2D eigenvalue weighted by molar-refractivity contribution is -0.152. The van der Waals surface area contributed by atoms with E-state index in [1.165, 1.54) is 36.0 Å². The van der Waals surface area contributed by atoms with Crippen LogP contribution in [-0.4, -0.2) is 40.3 Å². The van der Waals surface area contributed by atoms with Crippen LogP contribution in [0.3, 0.4) is 0 Å². The Bertz CT molecular complexity index is 1480. The quantitative estimate of drug-likeness (QED) is 0.223. The van der Waals surface area contributed by atoms with E-state index in [-0.39, 0.29) is 35.7 Å². The first-order chi connectivity index (χ1) is 21.1. The minimum absolute atomic E-state index is 0.0639. The summed E-state index contributed by atoms with van der Waals surface area (Å²) < 4.78 is 12.0. The molecule has 3 amide bonds. The zero-order chi connectivity index (χ0) is 31.0. The number of rotatable bonds is 10. The zero-order valence-electron chi connectivity index (χ0n) is 25.4. The number of hydrogen-bond donors (Lipinski definition) is 2. The van der Waals surface area contributed by atoms with Gasteiger partial charge in [-0.1, -0.05) is 49.9 Å². The fourth-order valence-corrected chi connectivity index (χ4v) is 8.95. The SMILES string of the molecule is CCOc1cc(/C=C2/SC(=S)N(NC(=O)C34CC5CC(CC(C5)C3)C4)C2=O)ccc1OCC(=O)Nc1ccccc1C(C)C. The molecule has 0 unspecified atom stereocenters. The largest absolute Gasteiger partial charge is 0.490 e. The molecule has 0 radical (unpaired) electrons. The van der Waals surface area contributed by atoms with Crippen molar-refractivity contribution in [2.45, 2.75) is 65.2 Å². The van der Waals surface area contributed by atoms with Crippen LogP contribution in [0.15, 0.2) is 47.4 Å². The number of anilines is 1. The van der Waals surface area contributed by atoms with Gasteiger partial charge in [-0.3, -0.25) is 19.8 Å². The predicted octanol–water partition coefficient (Wildman–Crippen LogP) is 6.68. The second-order valence-corrected chi connectivity index (χ2v) is 14.5. The number of hydrogen-bond acceptors (Lipinski definition) is 7. The summed E-state index contributed by atoms with van der Waals surface area (Å²) in [6.45, 7) is 6.23. The van der Waals surface area contributed by atoms with Crippen molar-refractivity contribution in [2.24, 2.45) is 23.2 Å². The number of para-hydroxylation sites is 1. The van der Waals surface area contributed by atoms with E-state index in [2.05, 4.69) is 24.6 Å². The maximum absolute atomic E-state index is 13.6. The molecule has 1 heterocycles. The van der Waals surface area contributed by atoms with Crippen molar-refractivity contribution in [2.75, 3.05) is 18.5 Å². The van der Waals surface area contributed by atoms with Crippen LogP contribution in [0.25, 0.3) is 6.08 Å². The average Bonchev–Trinajstić information content (AvgIpc) is 3.23. The van der Waals surface area contributed by atoms with Crippen LogP contribution in [0.1, 0.15) is 76.3 Å². The fourth-order valence-electron chi connectivity index (χ4n) is 7.77. The third kappa shape index (κ3) is 6.24. The maximum atomic E-state index is 13.6. The Labute approximate surface area is 268 Å². The van der Waals surface area contributed by atoms with Gasteiger partial charge in [-0.05, 0) is 117 Å². The highest BCUT2D eigenvalue weighted by molar-refractivity contribution is 8.26. The number of nitrogens with zero attached hydrogens (tertiary/aromatic N) is 1. The first kappa shape index (κ1) is 30.6. The van der Waals surface area contributed by atoms with Gasteiger partial charge in [0.1, 0.15) is 0 Å². The molecule has 5 fully saturated rings. The van der Waals surface area contributed by atoms with Gasteiger partial charge in [-0.2, -0.15) is 5.01 Å². The van der Waals surface area contributed by atoms with E-state index >= 15 is 0 Å². The molecule has 4 saturated carbocycles. The number of benzene rings is 2. The monoisotopic (exact) mass is 633 g/mol. The molecule has 1 aliphatic heterocycles. The van der Waals surface area contributed by atoms with Crippen LogP contribution < -0.4 is 20.2 Å². The molecule has 7 rings (SSSR count). The topological polar surface area (TPSA) is 97.0 Å². The molecule has 0 atom stereocenters. The number of nitrogens with one attached hydrogen (secondary N) is 2. The van der Waals surface area contributed by atoms with E-state index in [0.29, 0.717) is 50.6 Å². The highest BCUT2D eigenvalue weighted by Crippen LogP contribution is 2.60. The third-order valence-corrected chi connectivity index (χ3v) is 10.6. The lowest BCUT2D eigenvalue weighted by atomic mass is 9.49. The van der Waals surface area contributed by atoms with Gasteiger partial charge in [0.2, 0.25) is 5.91 Å². The van der Waals surface area contributed by atoms with Crippen LogP contribution >= 0.6 is 24.0 Å². The second-order valence-electron chi connectivity index (χ2n) is 12.9. The molecule has 0 aromatic heterocycles. The van der Waals surface area contributed by atoms with Crippen molar-refractivity contribution in [3.05, 3.63) is 58.5 Å². The number of ether oxygens (including phenoxy) is 2. The normalized spacial score (nSPS) is 26.4. The van der Waals surface area contributed by atoms with E-state index in [1.54, 1.807) is 24.3 Å². The summed E-state index contributed by atoms with van der Waals surface area (Å²) in [4.78, 5) is 40.1. The van der Waals surface area contributed by atoms with Crippen molar-refractivity contribution >= 4 is 57.8 Å². The Balaban J connectivity index is 1.11. The fraction of sp³-hybridized carbons (Fsp3) is 0.471. The Morgan fingerprint density at radius 3 is 2.39 bits per heavy atom. The van der Waals surface area contributed by atoms with Crippen LogP contribution in [0.2, 0.25) is 0 Å². The lowest BCUT2D eigenvalue weighted by Gasteiger charge is -2.55. The number of carbonyl (C=O) groups is 3. The first-order valence-corrected chi connectivity index (χ1v) is 16.7. The van der Waals surface area contributed by atoms with Gasteiger partial charge < -0.3 is 14.8 Å². The number of amides is 3. The molecule has 0 spiro atoms. The van der Waals surface area contributed by atoms with E-state index in [4.69, 9.17) is 21.7 Å². The highest BCUT2D eigenvalue weighted by Gasteiger charge is 2.55. The van der Waals surface area contributed by atoms with E-state index < -0.39 is 0 Å². The van der Waals surface area contributed by atoms with Crippen LogP contribution in [0, 0.1) is 23.2 Å². The van der Waals surface area contributed by atoms with E-state index in [9.17, 15) is 14.4 Å². The van der Waals surface area contributed by atoms with Crippen molar-refractivity contribution < 1.29 is 23.9 Å². The Hall–Kier alpha value is -3.37. The van der Waals surface area contributed by atoms with Crippen LogP contribution in [0.5, 0.6) is 11.5 Å². The molecule has 1 saturated heterocycles. The number of thioether (sulfide) groups is 1. The van der Waals surface area contributed by atoms with Crippen molar-refractivity contribution in [3.8, 4) is 11.5 Å². The summed E-state index contributed by atoms with van der Waals surface area (Å²) in [6, 6.07) is 13.0. The summed E-state index contributed by atoms with van der Waals surface area (Å²) in [5.74, 6) is 2.35. The summed E-state index contributed by atoms with van der Waals surface area (Å²) in [6.07, 6.45) is 8.20. The number of hydrazine groups is 1. The third-order valence-electron chi connectivity index (χ3n) is 9.31. The van der Waals surface area contributed by atoms with Gasteiger partial charge in [0.05, 0.1) is 16.9 Å². The van der Waals surface area contributed by atoms with Gasteiger partial charge in [-0.25, -0.2) is 0 Å². The lowest BCUT2D eigenvalue weighted by Crippen LogP contribution is -2.57. The van der Waals surface area contributed by atoms with E-state index in [0.717, 1.165) is 30.5 Å². The molecule has 8 nitrogen and oxygen atoms in total. The zero-order valence-corrected chi connectivity index (χ0v) is 27.0. The Morgan fingerprint density at radius 2 is 1.73 bits per heavy atom. The van der Waals surface area contributed by atoms with Gasteiger partial charge in [0.15, 0.2) is 22.4 Å². The van der Waals surface area contributed by atoms with Gasteiger partial charge in [-0.15, -0.1) is 0 Å². The standard InChI is InChI=1S/C34H39N3O5S2/c1-4-41-28-14-21(9-10-27(28)42-19-30(38)35-26-8-6-5-7-25(26)20(2)3)15-29-31(39)37(33(43)44-29)36-32(40)34-16-22-11-23(17-34)13-24(12-22)18-34/h5-10,14-15,20,22-24H,4,11-13,16-19H2,1-3H3,(H,35,38)(H,36,40)/b29-15+. The molecule has 2 N–H and O–H groups in total. The number of carbonyl (C=O) groups excluding carboxylic acids is 3.